The van der Waals surface area contributed by atoms with Gasteiger partial charge in [0.15, 0.2) is 14.9 Å². The lowest BCUT2D eigenvalue weighted by molar-refractivity contribution is 0.302. The fraction of sp³-hybridized carbons (Fsp3) is 0.353. The molecule has 1 N–H and O–H groups in total. The van der Waals surface area contributed by atoms with Gasteiger partial charge in [0, 0.05) is 17.8 Å². The molecule has 3 rings (SSSR count). The molecule has 0 unspecified atom stereocenters. The number of hydrogen-bond acceptors (Lipinski definition) is 5. The third kappa shape index (κ3) is 4.52. The summed E-state index contributed by atoms with van der Waals surface area (Å²) in [7, 11) is -1.41. The van der Waals surface area contributed by atoms with E-state index in [1.54, 1.807) is 19.4 Å². The summed E-state index contributed by atoms with van der Waals surface area (Å²) >= 11 is 5.56. The van der Waals surface area contributed by atoms with Crippen LogP contribution in [-0.2, 0) is 16.4 Å². The topological polar surface area (TPSA) is 71.8 Å². The molecule has 1 fully saturated rings. The Labute approximate surface area is 152 Å². The number of ether oxygens (including phenoxy) is 1. The largest absolute Gasteiger partial charge is 0.497 e. The minimum Gasteiger partial charge on any atom is -0.497 e. The van der Waals surface area contributed by atoms with Gasteiger partial charge in [0.2, 0.25) is 0 Å². The second-order valence-corrected chi connectivity index (χ2v) is 8.54. The summed E-state index contributed by atoms with van der Waals surface area (Å²) in [5.41, 5.74) is 0.787. The van der Waals surface area contributed by atoms with Gasteiger partial charge < -0.3 is 19.4 Å². The van der Waals surface area contributed by atoms with Crippen molar-refractivity contribution in [2.75, 3.05) is 23.9 Å². The maximum atomic E-state index is 11.9. The van der Waals surface area contributed by atoms with Gasteiger partial charge in [-0.3, -0.25) is 0 Å². The second kappa shape index (κ2) is 7.45. The number of hydrogen-bond donors (Lipinski definition) is 1. The van der Waals surface area contributed by atoms with Crippen LogP contribution in [0.15, 0.2) is 47.1 Å². The van der Waals surface area contributed by atoms with Crippen LogP contribution in [0.3, 0.4) is 0 Å². The minimum absolute atomic E-state index is 0.105. The number of thiocarbonyl (C=S) groups is 1. The Balaban J connectivity index is 1.79. The van der Waals surface area contributed by atoms with Crippen molar-refractivity contribution < 1.29 is 17.6 Å². The van der Waals surface area contributed by atoms with Gasteiger partial charge in [0.1, 0.15) is 11.5 Å². The zero-order valence-electron chi connectivity index (χ0n) is 13.8. The Kier molecular flexibility index (Phi) is 5.29. The summed E-state index contributed by atoms with van der Waals surface area (Å²) in [5, 5.41) is 3.64. The summed E-state index contributed by atoms with van der Waals surface area (Å²) < 4.78 is 34.4. The smallest absolute Gasteiger partial charge is 0.174 e. The van der Waals surface area contributed by atoms with Crippen molar-refractivity contribution >= 4 is 32.9 Å². The molecule has 0 spiro atoms. The SMILES string of the molecule is COc1cccc(NC(=S)N(Cc2ccco2)[C@@H]2CCS(=O)(=O)C2)c1. The van der Waals surface area contributed by atoms with Gasteiger partial charge in [-0.2, -0.15) is 0 Å². The van der Waals surface area contributed by atoms with Crippen LogP contribution in [-0.4, -0.2) is 43.1 Å². The van der Waals surface area contributed by atoms with E-state index in [2.05, 4.69) is 5.32 Å². The van der Waals surface area contributed by atoms with Crippen LogP contribution in [0.25, 0.3) is 0 Å². The Morgan fingerprint density at radius 3 is 2.88 bits per heavy atom. The maximum absolute atomic E-state index is 11.9. The zero-order chi connectivity index (χ0) is 17.9. The van der Waals surface area contributed by atoms with E-state index < -0.39 is 9.84 Å². The summed E-state index contributed by atoms with van der Waals surface area (Å²) in [6.45, 7) is 0.420. The second-order valence-electron chi connectivity index (χ2n) is 5.93. The lowest BCUT2D eigenvalue weighted by Crippen LogP contribution is -2.42. The van der Waals surface area contributed by atoms with Crippen LogP contribution in [0.5, 0.6) is 5.75 Å². The van der Waals surface area contributed by atoms with Crippen LogP contribution in [0, 0.1) is 0 Å². The van der Waals surface area contributed by atoms with E-state index in [1.165, 1.54) is 0 Å². The number of sulfone groups is 1. The lowest BCUT2D eigenvalue weighted by atomic mass is 10.2. The molecule has 1 aliphatic heterocycles. The van der Waals surface area contributed by atoms with Crippen LogP contribution in [0.1, 0.15) is 12.2 Å². The first kappa shape index (κ1) is 17.8. The fourth-order valence-electron chi connectivity index (χ4n) is 2.85. The van der Waals surface area contributed by atoms with E-state index >= 15 is 0 Å². The molecule has 0 bridgehead atoms. The maximum Gasteiger partial charge on any atom is 0.174 e. The number of rotatable bonds is 5. The molecule has 1 saturated heterocycles. The van der Waals surface area contributed by atoms with Crippen molar-refractivity contribution in [2.24, 2.45) is 0 Å². The zero-order valence-corrected chi connectivity index (χ0v) is 15.5. The van der Waals surface area contributed by atoms with Gasteiger partial charge in [-0.15, -0.1) is 0 Å². The predicted octanol–water partition coefficient (Wildman–Crippen LogP) is 2.67. The van der Waals surface area contributed by atoms with Gasteiger partial charge >= 0.3 is 0 Å². The highest BCUT2D eigenvalue weighted by Crippen LogP contribution is 2.23. The first-order chi connectivity index (χ1) is 12.0. The van der Waals surface area contributed by atoms with E-state index in [0.717, 1.165) is 11.4 Å². The van der Waals surface area contributed by atoms with Gasteiger partial charge in [-0.1, -0.05) is 6.07 Å². The van der Waals surface area contributed by atoms with Crippen molar-refractivity contribution in [3.8, 4) is 5.75 Å². The third-order valence-corrected chi connectivity index (χ3v) is 6.22. The monoisotopic (exact) mass is 380 g/mol. The van der Waals surface area contributed by atoms with Crippen molar-refractivity contribution in [1.82, 2.24) is 4.90 Å². The molecule has 2 aromatic rings. The molecule has 2 heterocycles. The summed E-state index contributed by atoms with van der Waals surface area (Å²) in [4.78, 5) is 1.89. The lowest BCUT2D eigenvalue weighted by Gasteiger charge is -2.30. The fourth-order valence-corrected chi connectivity index (χ4v) is 4.92. The molecule has 1 aliphatic rings. The van der Waals surface area contributed by atoms with Crippen LogP contribution in [0.2, 0.25) is 0 Å². The highest BCUT2D eigenvalue weighted by Gasteiger charge is 2.34. The quantitative estimate of drug-likeness (QED) is 0.800. The number of methoxy groups -OCH3 is 1. The Hall–Kier alpha value is -2.06. The van der Waals surface area contributed by atoms with Crippen molar-refractivity contribution in [1.29, 1.82) is 0 Å². The molecule has 1 aromatic heterocycles. The molecule has 0 aliphatic carbocycles. The van der Waals surface area contributed by atoms with E-state index in [-0.39, 0.29) is 17.5 Å². The summed E-state index contributed by atoms with van der Waals surface area (Å²) in [5.74, 6) is 1.75. The number of anilines is 1. The minimum atomic E-state index is -3.02. The van der Waals surface area contributed by atoms with Crippen molar-refractivity contribution in [3.05, 3.63) is 48.4 Å². The Morgan fingerprint density at radius 2 is 2.24 bits per heavy atom. The predicted molar refractivity (Wildman–Crippen MR) is 101 cm³/mol. The van der Waals surface area contributed by atoms with Gasteiger partial charge in [0.25, 0.3) is 0 Å². The molecule has 0 amide bonds. The standard InChI is InChI=1S/C17H20N2O4S2/c1-22-15-5-2-4-13(10-15)18-17(24)19(11-16-6-3-8-23-16)14-7-9-25(20,21)12-14/h2-6,8,10,14H,7,9,11-12H2,1H3,(H,18,24)/t14-/m1/s1. The third-order valence-electron chi connectivity index (χ3n) is 4.14. The van der Waals surface area contributed by atoms with E-state index in [4.69, 9.17) is 21.4 Å². The molecule has 134 valence electrons. The van der Waals surface area contributed by atoms with Crippen molar-refractivity contribution in [3.63, 3.8) is 0 Å². The van der Waals surface area contributed by atoms with E-state index in [0.29, 0.717) is 23.8 Å². The Bertz CT molecular complexity index is 834. The van der Waals surface area contributed by atoms with Gasteiger partial charge in [0.05, 0.1) is 31.4 Å². The first-order valence-corrected chi connectivity index (χ1v) is 10.1. The molecule has 0 saturated carbocycles. The first-order valence-electron chi connectivity index (χ1n) is 7.91. The highest BCUT2D eigenvalue weighted by molar-refractivity contribution is 7.91. The molecule has 1 atom stereocenters. The van der Waals surface area contributed by atoms with Crippen LogP contribution in [0.4, 0.5) is 5.69 Å². The molecule has 8 heteroatoms. The average molecular weight is 380 g/mol. The number of nitrogens with zero attached hydrogens (tertiary/aromatic N) is 1. The molecular weight excluding hydrogens is 360 g/mol. The van der Waals surface area contributed by atoms with Crippen LogP contribution >= 0.6 is 12.2 Å². The number of nitrogens with one attached hydrogen (secondary N) is 1. The molecule has 0 radical (unpaired) electrons. The number of furan rings is 1. The highest BCUT2D eigenvalue weighted by atomic mass is 32.2. The van der Waals surface area contributed by atoms with E-state index in [1.807, 2.05) is 35.2 Å². The average Bonchev–Trinajstić information content (AvgIpc) is 3.21. The normalized spacial score (nSPS) is 18.7. The molecular formula is C17H20N2O4S2. The van der Waals surface area contributed by atoms with Crippen molar-refractivity contribution in [2.45, 2.75) is 19.0 Å². The molecule has 1 aromatic carbocycles. The summed E-state index contributed by atoms with van der Waals surface area (Å²) in [6, 6.07) is 10.9. The van der Waals surface area contributed by atoms with Crippen LogP contribution < -0.4 is 10.1 Å². The van der Waals surface area contributed by atoms with Gasteiger partial charge in [-0.25, -0.2) is 8.42 Å². The molecule has 25 heavy (non-hydrogen) atoms. The summed E-state index contributed by atoms with van der Waals surface area (Å²) in [6.07, 6.45) is 2.15. The van der Waals surface area contributed by atoms with E-state index in [9.17, 15) is 8.42 Å². The Morgan fingerprint density at radius 1 is 1.40 bits per heavy atom. The molecule has 6 nitrogen and oxygen atoms in total. The van der Waals surface area contributed by atoms with Gasteiger partial charge in [-0.05, 0) is 42.9 Å². The number of benzene rings is 1.